The minimum Gasteiger partial charge on any atom is -0.465 e. The van der Waals surface area contributed by atoms with Crippen molar-refractivity contribution in [3.63, 3.8) is 0 Å². The van der Waals surface area contributed by atoms with Gasteiger partial charge in [0, 0.05) is 13.1 Å². The summed E-state index contributed by atoms with van der Waals surface area (Å²) in [6, 6.07) is 11.2. The fourth-order valence-corrected chi connectivity index (χ4v) is 2.05. The number of benzene rings is 2. The van der Waals surface area contributed by atoms with E-state index in [0.717, 1.165) is 5.56 Å². The maximum atomic E-state index is 13.4. The molecule has 0 atom stereocenters. The quantitative estimate of drug-likeness (QED) is 0.828. The van der Waals surface area contributed by atoms with Crippen LogP contribution in [-0.2, 0) is 17.8 Å². The molecule has 0 unspecified atom stereocenters. The summed E-state index contributed by atoms with van der Waals surface area (Å²) in [4.78, 5) is 23.1. The number of carbonyl (C=O) groups is 2. The van der Waals surface area contributed by atoms with E-state index in [-0.39, 0.29) is 18.4 Å². The van der Waals surface area contributed by atoms with Gasteiger partial charge in [-0.05, 0) is 41.8 Å². The fraction of sp³-hybridized carbons (Fsp3) is 0.222. The monoisotopic (exact) mass is 330 g/mol. The second kappa shape index (κ2) is 8.10. The van der Waals surface area contributed by atoms with Crippen molar-refractivity contribution in [3.8, 4) is 0 Å². The molecule has 0 saturated heterocycles. The van der Waals surface area contributed by atoms with Gasteiger partial charge < -0.3 is 15.4 Å². The van der Waals surface area contributed by atoms with Crippen molar-refractivity contribution in [1.82, 2.24) is 10.6 Å². The van der Waals surface area contributed by atoms with Gasteiger partial charge in [-0.15, -0.1) is 0 Å². The van der Waals surface area contributed by atoms with Crippen molar-refractivity contribution in [2.24, 2.45) is 0 Å². The smallest absolute Gasteiger partial charge is 0.337 e. The molecule has 2 aromatic carbocycles. The Morgan fingerprint density at radius 3 is 2.17 bits per heavy atom. The molecule has 2 amide bonds. The van der Waals surface area contributed by atoms with E-state index in [4.69, 9.17) is 0 Å². The Kier molecular flexibility index (Phi) is 5.89. The molecular weight excluding hydrogens is 311 g/mol. The van der Waals surface area contributed by atoms with Crippen LogP contribution in [0.5, 0.6) is 0 Å². The largest absolute Gasteiger partial charge is 0.465 e. The lowest BCUT2D eigenvalue weighted by atomic mass is 10.1. The first-order chi connectivity index (χ1) is 11.5. The van der Waals surface area contributed by atoms with E-state index in [0.29, 0.717) is 23.2 Å². The molecule has 6 heteroatoms. The SMILES string of the molecule is COC(=O)c1ccc(CNC(=O)NCc2ccc(C)c(F)c2)cc1. The molecule has 0 saturated carbocycles. The van der Waals surface area contributed by atoms with Crippen LogP contribution in [0.25, 0.3) is 0 Å². The van der Waals surface area contributed by atoms with Crippen LogP contribution in [0.2, 0.25) is 0 Å². The van der Waals surface area contributed by atoms with E-state index in [1.807, 2.05) is 0 Å². The number of hydrogen-bond donors (Lipinski definition) is 2. The molecule has 2 aromatic rings. The topological polar surface area (TPSA) is 67.4 Å². The molecule has 126 valence electrons. The van der Waals surface area contributed by atoms with Gasteiger partial charge in [0.1, 0.15) is 5.82 Å². The second-order valence-electron chi connectivity index (χ2n) is 5.31. The number of esters is 1. The molecule has 2 N–H and O–H groups in total. The lowest BCUT2D eigenvalue weighted by Gasteiger charge is -2.09. The van der Waals surface area contributed by atoms with Gasteiger partial charge in [0.2, 0.25) is 0 Å². The molecule has 0 fully saturated rings. The highest BCUT2D eigenvalue weighted by atomic mass is 19.1. The Bertz CT molecular complexity index is 730. The van der Waals surface area contributed by atoms with E-state index < -0.39 is 5.97 Å². The van der Waals surface area contributed by atoms with Gasteiger partial charge in [-0.2, -0.15) is 0 Å². The lowest BCUT2D eigenvalue weighted by Crippen LogP contribution is -2.34. The van der Waals surface area contributed by atoms with Crippen LogP contribution < -0.4 is 10.6 Å². The normalized spacial score (nSPS) is 10.1. The summed E-state index contributed by atoms with van der Waals surface area (Å²) < 4.78 is 18.0. The summed E-state index contributed by atoms with van der Waals surface area (Å²) in [5.41, 5.74) is 2.56. The van der Waals surface area contributed by atoms with Crippen molar-refractivity contribution in [3.05, 3.63) is 70.5 Å². The summed E-state index contributed by atoms with van der Waals surface area (Å²) in [6.45, 7) is 2.24. The number of carbonyl (C=O) groups excluding carboxylic acids is 2. The first-order valence-electron chi connectivity index (χ1n) is 7.43. The Morgan fingerprint density at radius 2 is 1.58 bits per heavy atom. The molecule has 2 rings (SSSR count). The zero-order valence-corrected chi connectivity index (χ0v) is 13.6. The van der Waals surface area contributed by atoms with Crippen LogP contribution in [0.4, 0.5) is 9.18 Å². The van der Waals surface area contributed by atoms with Crippen molar-refractivity contribution < 1.29 is 18.7 Å². The van der Waals surface area contributed by atoms with Gasteiger partial charge in [0.15, 0.2) is 0 Å². The van der Waals surface area contributed by atoms with Crippen LogP contribution in [0.15, 0.2) is 42.5 Å². The van der Waals surface area contributed by atoms with Crippen LogP contribution >= 0.6 is 0 Å². The molecule has 0 aliphatic heterocycles. The zero-order valence-electron chi connectivity index (χ0n) is 13.6. The molecular formula is C18H19FN2O3. The van der Waals surface area contributed by atoms with E-state index in [1.165, 1.54) is 13.2 Å². The molecule has 0 heterocycles. The average Bonchev–Trinajstić information content (AvgIpc) is 2.60. The van der Waals surface area contributed by atoms with E-state index >= 15 is 0 Å². The summed E-state index contributed by atoms with van der Waals surface area (Å²) in [5, 5.41) is 5.36. The fourth-order valence-electron chi connectivity index (χ4n) is 2.05. The highest BCUT2D eigenvalue weighted by molar-refractivity contribution is 5.89. The Hall–Kier alpha value is -2.89. The molecule has 0 radical (unpaired) electrons. The molecule has 0 aliphatic rings. The van der Waals surface area contributed by atoms with E-state index in [1.54, 1.807) is 43.3 Å². The number of halogens is 1. The van der Waals surface area contributed by atoms with Gasteiger partial charge in [0.05, 0.1) is 12.7 Å². The van der Waals surface area contributed by atoms with Crippen molar-refractivity contribution in [2.45, 2.75) is 20.0 Å². The predicted octanol–water partition coefficient (Wildman–Crippen LogP) is 2.92. The Labute approximate surface area is 139 Å². The number of amides is 2. The lowest BCUT2D eigenvalue weighted by molar-refractivity contribution is 0.0600. The summed E-state index contributed by atoms with van der Waals surface area (Å²) in [6.07, 6.45) is 0. The molecule has 0 bridgehead atoms. The van der Waals surface area contributed by atoms with E-state index in [9.17, 15) is 14.0 Å². The van der Waals surface area contributed by atoms with Crippen LogP contribution in [0.3, 0.4) is 0 Å². The van der Waals surface area contributed by atoms with Crippen LogP contribution in [0, 0.1) is 12.7 Å². The number of methoxy groups -OCH3 is 1. The predicted molar refractivity (Wildman–Crippen MR) is 88.0 cm³/mol. The zero-order chi connectivity index (χ0) is 17.5. The Morgan fingerprint density at radius 1 is 1.00 bits per heavy atom. The molecule has 5 nitrogen and oxygen atoms in total. The summed E-state index contributed by atoms with van der Waals surface area (Å²) in [5.74, 6) is -0.696. The van der Waals surface area contributed by atoms with Gasteiger partial charge in [-0.3, -0.25) is 0 Å². The maximum absolute atomic E-state index is 13.4. The number of urea groups is 1. The average molecular weight is 330 g/mol. The third kappa shape index (κ3) is 4.81. The highest BCUT2D eigenvalue weighted by Gasteiger charge is 2.06. The third-order valence-electron chi connectivity index (χ3n) is 3.52. The van der Waals surface area contributed by atoms with Gasteiger partial charge in [-0.25, -0.2) is 14.0 Å². The molecule has 0 spiro atoms. The minimum atomic E-state index is -0.405. The number of aryl methyl sites for hydroxylation is 1. The number of ether oxygens (including phenoxy) is 1. The molecule has 0 aliphatic carbocycles. The standard InChI is InChI=1S/C18H19FN2O3/c1-12-3-4-14(9-16(12)19)11-21-18(23)20-10-13-5-7-15(8-6-13)17(22)24-2/h3-9H,10-11H2,1-2H3,(H2,20,21,23). The van der Waals surface area contributed by atoms with Gasteiger partial charge in [-0.1, -0.05) is 24.3 Å². The highest BCUT2D eigenvalue weighted by Crippen LogP contribution is 2.09. The third-order valence-corrected chi connectivity index (χ3v) is 3.52. The van der Waals surface area contributed by atoms with Crippen LogP contribution in [-0.4, -0.2) is 19.1 Å². The number of rotatable bonds is 5. The minimum absolute atomic E-state index is 0.240. The maximum Gasteiger partial charge on any atom is 0.337 e. The van der Waals surface area contributed by atoms with Crippen molar-refractivity contribution >= 4 is 12.0 Å². The molecule has 0 aromatic heterocycles. The first-order valence-corrected chi connectivity index (χ1v) is 7.43. The van der Waals surface area contributed by atoms with E-state index in [2.05, 4.69) is 15.4 Å². The van der Waals surface area contributed by atoms with Gasteiger partial charge in [0.25, 0.3) is 0 Å². The number of nitrogens with one attached hydrogen (secondary N) is 2. The van der Waals surface area contributed by atoms with Gasteiger partial charge >= 0.3 is 12.0 Å². The van der Waals surface area contributed by atoms with Crippen LogP contribution in [0.1, 0.15) is 27.0 Å². The summed E-state index contributed by atoms with van der Waals surface area (Å²) >= 11 is 0. The first kappa shape index (κ1) is 17.5. The number of hydrogen-bond acceptors (Lipinski definition) is 3. The van der Waals surface area contributed by atoms with Crippen molar-refractivity contribution in [1.29, 1.82) is 0 Å². The van der Waals surface area contributed by atoms with Crippen molar-refractivity contribution in [2.75, 3.05) is 7.11 Å². The summed E-state index contributed by atoms with van der Waals surface area (Å²) in [7, 11) is 1.32. The molecule has 24 heavy (non-hydrogen) atoms. The second-order valence-corrected chi connectivity index (χ2v) is 5.31. The Balaban J connectivity index is 1.80.